The lowest BCUT2D eigenvalue weighted by Gasteiger charge is -2.01. The summed E-state index contributed by atoms with van der Waals surface area (Å²) in [5.74, 6) is 0. The van der Waals surface area contributed by atoms with Crippen molar-refractivity contribution < 1.29 is 0 Å². The van der Waals surface area contributed by atoms with Gasteiger partial charge in [0.05, 0.1) is 29.3 Å². The van der Waals surface area contributed by atoms with Crippen molar-refractivity contribution in [3.05, 3.63) is 47.5 Å². The fourth-order valence-electron chi connectivity index (χ4n) is 2.10. The average Bonchev–Trinajstić information content (AvgIpc) is 3.01. The maximum Gasteiger partial charge on any atom is 0.154 e. The van der Waals surface area contributed by atoms with Gasteiger partial charge in [0.1, 0.15) is 4.60 Å². The minimum atomic E-state index is 0.779. The van der Waals surface area contributed by atoms with Crippen LogP contribution in [0.3, 0.4) is 0 Å². The first-order valence-corrected chi connectivity index (χ1v) is 6.54. The third kappa shape index (κ3) is 1.72. The summed E-state index contributed by atoms with van der Waals surface area (Å²) in [5.41, 5.74) is 4.72. The smallest absolute Gasteiger partial charge is 0.154 e. The van der Waals surface area contributed by atoms with Crippen LogP contribution in [-0.4, -0.2) is 24.6 Å². The molecule has 1 aromatic carbocycles. The van der Waals surface area contributed by atoms with Gasteiger partial charge in [0.2, 0.25) is 0 Å². The lowest BCUT2D eigenvalue weighted by Crippen LogP contribution is -1.92. The Morgan fingerprint density at radius 2 is 2.11 bits per heavy atom. The summed E-state index contributed by atoms with van der Waals surface area (Å²) in [7, 11) is 0. The van der Waals surface area contributed by atoms with Gasteiger partial charge in [-0.05, 0) is 40.2 Å². The van der Waals surface area contributed by atoms with Crippen LogP contribution in [0.15, 0.2) is 47.5 Å². The quantitative estimate of drug-likeness (QED) is 0.587. The predicted molar refractivity (Wildman–Crippen MR) is 75.8 cm³/mol. The van der Waals surface area contributed by atoms with Crippen LogP contribution in [0.2, 0.25) is 0 Å². The molecular weight excluding hydrogens is 306 g/mol. The molecule has 0 fully saturated rings. The zero-order valence-corrected chi connectivity index (χ0v) is 11.3. The van der Waals surface area contributed by atoms with Gasteiger partial charge in [-0.25, -0.2) is 14.5 Å². The summed E-state index contributed by atoms with van der Waals surface area (Å²) in [6.07, 6.45) is 3.53. The molecule has 0 saturated carbocycles. The molecule has 0 saturated heterocycles. The van der Waals surface area contributed by atoms with Gasteiger partial charge >= 0.3 is 0 Å². The molecule has 19 heavy (non-hydrogen) atoms. The second-order valence-electron chi connectivity index (χ2n) is 4.22. The van der Waals surface area contributed by atoms with Gasteiger partial charge in [0.15, 0.2) is 5.65 Å². The van der Waals surface area contributed by atoms with Crippen molar-refractivity contribution in [3.63, 3.8) is 0 Å². The first kappa shape index (κ1) is 10.7. The molecule has 0 aliphatic rings. The molecule has 0 unspecified atom stereocenters. The third-order valence-electron chi connectivity index (χ3n) is 3.01. The summed E-state index contributed by atoms with van der Waals surface area (Å²) in [6, 6.07) is 9.96. The van der Waals surface area contributed by atoms with Gasteiger partial charge in [0, 0.05) is 5.56 Å². The summed E-state index contributed by atoms with van der Waals surface area (Å²) in [5, 5.41) is 4.55. The van der Waals surface area contributed by atoms with E-state index < -0.39 is 0 Å². The van der Waals surface area contributed by atoms with Gasteiger partial charge < -0.3 is 4.98 Å². The fraction of sp³-hybridized carbons (Fsp3) is 0. The van der Waals surface area contributed by atoms with Crippen LogP contribution in [0.25, 0.3) is 27.9 Å². The van der Waals surface area contributed by atoms with E-state index >= 15 is 0 Å². The van der Waals surface area contributed by atoms with Crippen molar-refractivity contribution in [2.24, 2.45) is 0 Å². The van der Waals surface area contributed by atoms with E-state index in [0.29, 0.717) is 0 Å². The van der Waals surface area contributed by atoms with Gasteiger partial charge in [-0.1, -0.05) is 6.07 Å². The molecule has 0 radical (unpaired) electrons. The highest BCUT2D eigenvalue weighted by Gasteiger charge is 2.05. The third-order valence-corrected chi connectivity index (χ3v) is 3.39. The second kappa shape index (κ2) is 3.89. The van der Waals surface area contributed by atoms with E-state index in [1.807, 2.05) is 36.5 Å². The van der Waals surface area contributed by atoms with Crippen molar-refractivity contribution in [3.8, 4) is 11.3 Å². The minimum absolute atomic E-state index is 0.779. The molecule has 4 aromatic rings. The van der Waals surface area contributed by atoms with Crippen molar-refractivity contribution in [2.45, 2.75) is 0 Å². The lowest BCUT2D eigenvalue weighted by molar-refractivity contribution is 0.942. The second-order valence-corrected chi connectivity index (χ2v) is 5.03. The lowest BCUT2D eigenvalue weighted by atomic mass is 10.1. The zero-order chi connectivity index (χ0) is 12.8. The normalized spacial score (nSPS) is 11.4. The van der Waals surface area contributed by atoms with Gasteiger partial charge in [-0.2, -0.15) is 5.10 Å². The van der Waals surface area contributed by atoms with Crippen LogP contribution < -0.4 is 0 Å². The number of aromatic nitrogens is 5. The van der Waals surface area contributed by atoms with Crippen molar-refractivity contribution >= 4 is 32.6 Å². The summed E-state index contributed by atoms with van der Waals surface area (Å²) in [6.45, 7) is 0. The highest BCUT2D eigenvalue weighted by Crippen LogP contribution is 2.21. The molecule has 4 rings (SSSR count). The van der Waals surface area contributed by atoms with Gasteiger partial charge in [0.25, 0.3) is 0 Å². The number of imidazole rings is 2. The molecule has 3 heterocycles. The molecule has 1 N–H and O–H groups in total. The number of hydrogen-bond acceptors (Lipinski definition) is 3. The number of H-pyrrole nitrogens is 1. The van der Waals surface area contributed by atoms with E-state index in [9.17, 15) is 0 Å². The van der Waals surface area contributed by atoms with Crippen LogP contribution in [-0.2, 0) is 0 Å². The molecule has 0 spiro atoms. The van der Waals surface area contributed by atoms with E-state index in [-0.39, 0.29) is 0 Å². The van der Waals surface area contributed by atoms with E-state index in [1.54, 1.807) is 10.8 Å². The van der Waals surface area contributed by atoms with Crippen molar-refractivity contribution in [1.29, 1.82) is 0 Å². The number of fused-ring (bicyclic) bond motifs is 2. The Hall–Kier alpha value is -2.21. The van der Waals surface area contributed by atoms with E-state index in [2.05, 4.69) is 36.0 Å². The number of halogens is 1. The number of nitrogens with one attached hydrogen (secondary N) is 1. The number of rotatable bonds is 1. The Morgan fingerprint density at radius 3 is 3.05 bits per heavy atom. The number of hydrogen-bond donors (Lipinski definition) is 1. The monoisotopic (exact) mass is 313 g/mol. The van der Waals surface area contributed by atoms with Gasteiger partial charge in [-0.3, -0.25) is 0 Å². The highest BCUT2D eigenvalue weighted by molar-refractivity contribution is 9.10. The highest BCUT2D eigenvalue weighted by atomic mass is 79.9. The minimum Gasteiger partial charge on any atom is -0.345 e. The first-order chi connectivity index (χ1) is 9.29. The molecule has 3 aromatic heterocycles. The number of benzene rings is 1. The topological polar surface area (TPSA) is 58.9 Å². The molecule has 5 nitrogen and oxygen atoms in total. The van der Waals surface area contributed by atoms with Crippen LogP contribution in [0.1, 0.15) is 0 Å². The van der Waals surface area contributed by atoms with Crippen molar-refractivity contribution in [1.82, 2.24) is 24.6 Å². The van der Waals surface area contributed by atoms with Gasteiger partial charge in [-0.15, -0.1) is 0 Å². The maximum absolute atomic E-state index is 4.55. The molecule has 0 amide bonds. The van der Waals surface area contributed by atoms with Crippen LogP contribution >= 0.6 is 15.9 Å². The fourth-order valence-corrected chi connectivity index (χ4v) is 2.48. The van der Waals surface area contributed by atoms with E-state index in [1.165, 1.54) is 0 Å². The maximum atomic E-state index is 4.55. The predicted octanol–water partition coefficient (Wildman–Crippen LogP) is 3.04. The Kier molecular flexibility index (Phi) is 2.19. The Labute approximate surface area is 116 Å². The molecular formula is C13H8BrN5. The first-order valence-electron chi connectivity index (χ1n) is 5.75. The number of nitrogens with zero attached hydrogens (tertiary/aromatic N) is 4. The summed E-state index contributed by atoms with van der Waals surface area (Å²) >= 11 is 3.35. The molecule has 92 valence electrons. The average molecular weight is 314 g/mol. The molecule has 0 bridgehead atoms. The number of aromatic amines is 1. The zero-order valence-electron chi connectivity index (χ0n) is 9.71. The summed E-state index contributed by atoms with van der Waals surface area (Å²) in [4.78, 5) is 11.6. The van der Waals surface area contributed by atoms with E-state index in [0.717, 1.165) is 32.5 Å². The Bertz CT molecular complexity index is 892. The van der Waals surface area contributed by atoms with E-state index in [4.69, 9.17) is 0 Å². The van der Waals surface area contributed by atoms with Crippen LogP contribution in [0, 0.1) is 0 Å². The molecule has 6 heteroatoms. The Balaban J connectivity index is 1.91. The van der Waals surface area contributed by atoms with Crippen LogP contribution in [0.5, 0.6) is 0 Å². The standard InChI is InChI=1S/C13H8BrN5/c14-12-6-19-13(17-12)4-3-9(18-19)8-1-2-10-11(5-8)16-7-15-10/h1-7H,(H,15,16). The molecule has 0 aliphatic heterocycles. The Morgan fingerprint density at radius 1 is 1.16 bits per heavy atom. The molecule has 0 aliphatic carbocycles. The summed E-state index contributed by atoms with van der Waals surface area (Å²) < 4.78 is 2.54. The van der Waals surface area contributed by atoms with Crippen molar-refractivity contribution in [2.75, 3.05) is 0 Å². The SMILES string of the molecule is Brc1cn2nc(-c3ccc4nc[nH]c4c3)ccc2n1. The molecule has 0 atom stereocenters. The largest absolute Gasteiger partial charge is 0.345 e. The van der Waals surface area contributed by atoms with Crippen LogP contribution in [0.4, 0.5) is 0 Å².